The zero-order chi connectivity index (χ0) is 18.7. The van der Waals surface area contributed by atoms with E-state index in [0.29, 0.717) is 5.69 Å². The first-order valence-corrected chi connectivity index (χ1v) is 8.21. The minimum absolute atomic E-state index is 0.0109. The van der Waals surface area contributed by atoms with Crippen LogP contribution >= 0.6 is 0 Å². The number of carbonyl (C=O) groups is 1. The second kappa shape index (κ2) is 7.30. The maximum absolute atomic E-state index is 12.1. The van der Waals surface area contributed by atoms with Crippen LogP contribution in [0.3, 0.4) is 0 Å². The minimum Gasteiger partial charge on any atom is -0.346 e. The van der Waals surface area contributed by atoms with Crippen LogP contribution in [0.4, 0.5) is 0 Å². The minimum atomic E-state index is -0.451. The van der Waals surface area contributed by atoms with E-state index in [-0.39, 0.29) is 29.9 Å². The Morgan fingerprint density at radius 1 is 1.19 bits per heavy atom. The molecule has 2 heterocycles. The molecule has 1 amide bonds. The van der Waals surface area contributed by atoms with Crippen LogP contribution in [0.2, 0.25) is 0 Å². The Labute approximate surface area is 149 Å². The number of amides is 1. The van der Waals surface area contributed by atoms with E-state index in [2.05, 4.69) is 20.6 Å². The number of aromatic nitrogens is 4. The lowest BCUT2D eigenvalue weighted by Crippen LogP contribution is -2.30. The van der Waals surface area contributed by atoms with Crippen LogP contribution in [0.1, 0.15) is 35.9 Å². The van der Waals surface area contributed by atoms with Crippen LogP contribution in [0.5, 0.6) is 0 Å². The lowest BCUT2D eigenvalue weighted by Gasteiger charge is -2.05. The van der Waals surface area contributed by atoms with E-state index in [9.17, 15) is 9.59 Å². The molecule has 0 saturated carbocycles. The van der Waals surface area contributed by atoms with Gasteiger partial charge >= 0.3 is 11.8 Å². The van der Waals surface area contributed by atoms with Crippen molar-refractivity contribution in [2.45, 2.75) is 33.4 Å². The molecular formula is C18H19N5O3. The average molecular weight is 353 g/mol. The summed E-state index contributed by atoms with van der Waals surface area (Å²) < 4.78 is 6.19. The number of hydrogen-bond donors (Lipinski definition) is 1. The molecule has 1 aromatic carbocycles. The fraction of sp³-hybridized carbons (Fsp3) is 0.278. The summed E-state index contributed by atoms with van der Waals surface area (Å²) in [6.07, 6.45) is 0. The van der Waals surface area contributed by atoms with Crippen molar-refractivity contribution in [3.63, 3.8) is 0 Å². The summed E-state index contributed by atoms with van der Waals surface area (Å²) in [5.41, 5.74) is 2.40. The third-order valence-corrected chi connectivity index (χ3v) is 3.59. The average Bonchev–Trinajstić information content (AvgIpc) is 3.06. The highest BCUT2D eigenvalue weighted by Crippen LogP contribution is 2.16. The summed E-state index contributed by atoms with van der Waals surface area (Å²) >= 11 is 0. The SMILES string of the molecule is Cc1ccc(-c2ccc(=O)n(Cc3noc(C(=O)NC(C)C)n3)n2)cc1. The van der Waals surface area contributed by atoms with E-state index in [1.165, 1.54) is 10.7 Å². The van der Waals surface area contributed by atoms with Gasteiger partial charge in [0.1, 0.15) is 6.54 Å². The first-order chi connectivity index (χ1) is 12.4. The standard InChI is InChI=1S/C18H19N5O3/c1-11(2)19-17(25)18-20-15(22-26-18)10-23-16(24)9-8-14(21-23)13-6-4-12(3)5-7-13/h4-9,11H,10H2,1-3H3,(H,19,25). The van der Waals surface area contributed by atoms with E-state index < -0.39 is 5.91 Å². The number of hydrogen-bond acceptors (Lipinski definition) is 6. The number of nitrogens with zero attached hydrogens (tertiary/aromatic N) is 4. The molecule has 3 rings (SSSR count). The van der Waals surface area contributed by atoms with Crippen LogP contribution in [-0.4, -0.2) is 31.9 Å². The lowest BCUT2D eigenvalue weighted by atomic mass is 10.1. The fourth-order valence-corrected chi connectivity index (χ4v) is 2.31. The molecule has 8 nitrogen and oxygen atoms in total. The topological polar surface area (TPSA) is 103 Å². The van der Waals surface area contributed by atoms with Crippen molar-refractivity contribution in [2.24, 2.45) is 0 Å². The smallest absolute Gasteiger partial charge is 0.316 e. The maximum atomic E-state index is 12.1. The van der Waals surface area contributed by atoms with Gasteiger partial charge in [0.05, 0.1) is 5.69 Å². The number of nitrogens with one attached hydrogen (secondary N) is 1. The zero-order valence-electron chi connectivity index (χ0n) is 14.8. The van der Waals surface area contributed by atoms with Crippen molar-refractivity contribution in [3.05, 3.63) is 64.0 Å². The van der Waals surface area contributed by atoms with E-state index in [1.54, 1.807) is 6.07 Å². The highest BCUT2D eigenvalue weighted by atomic mass is 16.5. The molecule has 26 heavy (non-hydrogen) atoms. The summed E-state index contributed by atoms with van der Waals surface area (Å²) in [7, 11) is 0. The van der Waals surface area contributed by atoms with Crippen molar-refractivity contribution in [3.8, 4) is 11.3 Å². The second-order valence-corrected chi connectivity index (χ2v) is 6.22. The normalized spacial score (nSPS) is 10.9. The summed E-state index contributed by atoms with van der Waals surface area (Å²) in [6.45, 7) is 5.67. The van der Waals surface area contributed by atoms with Crippen molar-refractivity contribution < 1.29 is 9.32 Å². The van der Waals surface area contributed by atoms with Gasteiger partial charge in [0, 0.05) is 17.7 Å². The van der Waals surface area contributed by atoms with Gasteiger partial charge in [-0.15, -0.1) is 0 Å². The summed E-state index contributed by atoms with van der Waals surface area (Å²) in [5.74, 6) is -0.390. The van der Waals surface area contributed by atoms with Gasteiger partial charge in [0.15, 0.2) is 5.82 Å². The first-order valence-electron chi connectivity index (χ1n) is 8.21. The van der Waals surface area contributed by atoms with E-state index in [1.807, 2.05) is 45.0 Å². The number of carbonyl (C=O) groups excluding carboxylic acids is 1. The Balaban J connectivity index is 1.83. The van der Waals surface area contributed by atoms with Crippen LogP contribution in [0.15, 0.2) is 45.7 Å². The fourth-order valence-electron chi connectivity index (χ4n) is 2.31. The number of benzene rings is 1. The third kappa shape index (κ3) is 4.02. The third-order valence-electron chi connectivity index (χ3n) is 3.59. The molecule has 8 heteroatoms. The Morgan fingerprint density at radius 2 is 1.92 bits per heavy atom. The molecule has 0 fully saturated rings. The van der Waals surface area contributed by atoms with Gasteiger partial charge in [0.25, 0.3) is 5.56 Å². The van der Waals surface area contributed by atoms with Crippen molar-refractivity contribution in [1.82, 2.24) is 25.2 Å². The zero-order valence-corrected chi connectivity index (χ0v) is 14.8. The Hall–Kier alpha value is -3.29. The van der Waals surface area contributed by atoms with Crippen LogP contribution in [-0.2, 0) is 6.54 Å². The molecular weight excluding hydrogens is 334 g/mol. The monoisotopic (exact) mass is 353 g/mol. The maximum Gasteiger partial charge on any atom is 0.316 e. The van der Waals surface area contributed by atoms with Gasteiger partial charge in [-0.1, -0.05) is 35.0 Å². The molecule has 0 radical (unpaired) electrons. The Morgan fingerprint density at radius 3 is 2.62 bits per heavy atom. The van der Waals surface area contributed by atoms with E-state index >= 15 is 0 Å². The molecule has 0 bridgehead atoms. The van der Waals surface area contributed by atoms with Crippen LogP contribution in [0.25, 0.3) is 11.3 Å². The molecule has 134 valence electrons. The Kier molecular flexibility index (Phi) is 4.92. The van der Waals surface area contributed by atoms with Crippen LogP contribution < -0.4 is 10.9 Å². The van der Waals surface area contributed by atoms with Gasteiger partial charge in [-0.05, 0) is 26.8 Å². The lowest BCUT2D eigenvalue weighted by molar-refractivity contribution is 0.0899. The summed E-state index contributed by atoms with van der Waals surface area (Å²) in [5, 5.41) is 10.8. The van der Waals surface area contributed by atoms with Crippen molar-refractivity contribution in [1.29, 1.82) is 0 Å². The molecule has 0 aliphatic rings. The highest BCUT2D eigenvalue weighted by Gasteiger charge is 2.16. The van der Waals surface area contributed by atoms with Gasteiger partial charge in [0.2, 0.25) is 0 Å². The molecule has 3 aromatic rings. The molecule has 1 N–H and O–H groups in total. The summed E-state index contributed by atoms with van der Waals surface area (Å²) in [4.78, 5) is 28.0. The first kappa shape index (κ1) is 17.5. The number of aryl methyl sites for hydroxylation is 1. The Bertz CT molecular complexity index is 973. The molecule has 0 atom stereocenters. The predicted molar refractivity (Wildman–Crippen MR) is 94.7 cm³/mol. The molecule has 0 spiro atoms. The summed E-state index contributed by atoms with van der Waals surface area (Å²) in [6, 6.07) is 10.9. The van der Waals surface area contributed by atoms with Crippen molar-refractivity contribution >= 4 is 5.91 Å². The van der Waals surface area contributed by atoms with E-state index in [0.717, 1.165) is 11.1 Å². The molecule has 0 unspecified atom stereocenters. The van der Waals surface area contributed by atoms with Gasteiger partial charge in [-0.3, -0.25) is 9.59 Å². The highest BCUT2D eigenvalue weighted by molar-refractivity contribution is 5.89. The molecule has 0 saturated heterocycles. The van der Waals surface area contributed by atoms with E-state index in [4.69, 9.17) is 4.52 Å². The largest absolute Gasteiger partial charge is 0.346 e. The molecule has 2 aromatic heterocycles. The van der Waals surface area contributed by atoms with Gasteiger partial charge < -0.3 is 9.84 Å². The van der Waals surface area contributed by atoms with Gasteiger partial charge in [-0.25, -0.2) is 4.68 Å². The van der Waals surface area contributed by atoms with Crippen molar-refractivity contribution in [2.75, 3.05) is 0 Å². The quantitative estimate of drug-likeness (QED) is 0.750. The second-order valence-electron chi connectivity index (χ2n) is 6.22. The molecule has 0 aliphatic heterocycles. The van der Waals surface area contributed by atoms with Crippen LogP contribution in [0, 0.1) is 6.92 Å². The molecule has 0 aliphatic carbocycles. The number of rotatable bonds is 5. The predicted octanol–water partition coefficient (Wildman–Crippen LogP) is 1.79. The van der Waals surface area contributed by atoms with Gasteiger partial charge in [-0.2, -0.15) is 10.1 Å².